The lowest BCUT2D eigenvalue weighted by molar-refractivity contribution is -0.380. The number of nitrogens with zero attached hydrogens (tertiary/aromatic N) is 4. The number of carbonyl (C=O) groups is 4. The van der Waals surface area contributed by atoms with Crippen molar-refractivity contribution in [2.75, 3.05) is 32.7 Å². The first-order valence-corrected chi connectivity index (χ1v) is 11.4. The molecule has 2 aliphatic heterocycles. The molecule has 4 rings (SSSR count). The van der Waals surface area contributed by atoms with E-state index < -0.39 is 4.92 Å². The van der Waals surface area contributed by atoms with Crippen LogP contribution in [0.4, 0.5) is 5.00 Å². The first kappa shape index (κ1) is 22.6. The Hall–Kier alpha value is -3.60. The van der Waals surface area contributed by atoms with Gasteiger partial charge in [-0.25, -0.2) is 0 Å². The topological polar surface area (TPSA) is 121 Å². The first-order valence-electron chi connectivity index (χ1n) is 10.5. The van der Waals surface area contributed by atoms with Crippen molar-refractivity contribution in [2.45, 2.75) is 19.8 Å². The van der Waals surface area contributed by atoms with Gasteiger partial charge < -0.3 is 9.80 Å². The van der Waals surface area contributed by atoms with Crippen LogP contribution in [0.1, 0.15) is 48.8 Å². The normalized spacial score (nSPS) is 15.7. The Morgan fingerprint density at radius 2 is 1.67 bits per heavy atom. The Bertz CT molecular complexity index is 1150. The van der Waals surface area contributed by atoms with Gasteiger partial charge in [0.1, 0.15) is 0 Å². The second kappa shape index (κ2) is 9.10. The third kappa shape index (κ3) is 4.49. The molecule has 0 saturated carbocycles. The van der Waals surface area contributed by atoms with Crippen molar-refractivity contribution in [1.29, 1.82) is 0 Å². The lowest BCUT2D eigenvalue weighted by Gasteiger charge is -2.34. The van der Waals surface area contributed by atoms with Crippen molar-refractivity contribution in [3.05, 3.63) is 62.0 Å². The van der Waals surface area contributed by atoms with Crippen molar-refractivity contribution >= 4 is 40.0 Å². The average molecular weight is 471 g/mol. The number of imide groups is 1. The lowest BCUT2D eigenvalue weighted by Crippen LogP contribution is -2.50. The van der Waals surface area contributed by atoms with E-state index in [1.807, 2.05) is 6.92 Å². The van der Waals surface area contributed by atoms with Gasteiger partial charge in [-0.1, -0.05) is 23.0 Å². The van der Waals surface area contributed by atoms with Gasteiger partial charge >= 0.3 is 5.00 Å². The summed E-state index contributed by atoms with van der Waals surface area (Å²) >= 11 is 0.839. The fourth-order valence-electron chi connectivity index (χ4n) is 4.01. The Kier molecular flexibility index (Phi) is 6.23. The fraction of sp³-hybridized carbons (Fsp3) is 0.364. The minimum absolute atomic E-state index is 0.0830. The Balaban J connectivity index is 1.24. The summed E-state index contributed by atoms with van der Waals surface area (Å²) in [5, 5.41) is 10.7. The molecule has 3 heterocycles. The number of piperazine rings is 1. The molecule has 11 heteroatoms. The summed E-state index contributed by atoms with van der Waals surface area (Å²) < 4.78 is 0. The number of fused-ring (bicyclic) bond motifs is 1. The van der Waals surface area contributed by atoms with Crippen molar-refractivity contribution in [1.82, 2.24) is 14.7 Å². The van der Waals surface area contributed by atoms with Crippen molar-refractivity contribution in [3.8, 4) is 0 Å². The van der Waals surface area contributed by atoms with Gasteiger partial charge in [0.05, 0.1) is 20.9 Å². The summed E-state index contributed by atoms with van der Waals surface area (Å²) in [5.74, 6) is -1.03. The largest absolute Gasteiger partial charge is 0.339 e. The van der Waals surface area contributed by atoms with E-state index in [-0.39, 0.29) is 41.6 Å². The number of rotatable bonds is 6. The minimum atomic E-state index is -0.527. The maximum Gasteiger partial charge on any atom is 0.324 e. The first-order chi connectivity index (χ1) is 15.8. The molecular formula is C22H22N4O6S. The van der Waals surface area contributed by atoms with Gasteiger partial charge in [0, 0.05) is 45.2 Å². The molecule has 172 valence electrons. The van der Waals surface area contributed by atoms with Crippen LogP contribution >= 0.6 is 11.3 Å². The van der Waals surface area contributed by atoms with E-state index in [1.165, 1.54) is 17.0 Å². The average Bonchev–Trinajstić information content (AvgIpc) is 3.39. The maximum absolute atomic E-state index is 12.6. The van der Waals surface area contributed by atoms with E-state index >= 15 is 0 Å². The van der Waals surface area contributed by atoms with Crippen LogP contribution in [0.5, 0.6) is 0 Å². The summed E-state index contributed by atoms with van der Waals surface area (Å²) in [6.45, 7) is 3.44. The van der Waals surface area contributed by atoms with Crippen LogP contribution in [-0.2, 0) is 4.79 Å². The second-order valence-corrected chi connectivity index (χ2v) is 9.04. The van der Waals surface area contributed by atoms with E-state index in [1.54, 1.807) is 28.0 Å². The number of aryl methyl sites for hydroxylation is 1. The predicted molar refractivity (Wildman–Crippen MR) is 119 cm³/mol. The molecule has 0 N–H and O–H groups in total. The third-order valence-corrected chi connectivity index (χ3v) is 6.83. The maximum atomic E-state index is 12.6. The highest BCUT2D eigenvalue weighted by atomic mass is 32.1. The summed E-state index contributed by atoms with van der Waals surface area (Å²) in [4.78, 5) is 65.2. The highest BCUT2D eigenvalue weighted by Crippen LogP contribution is 2.26. The second-order valence-electron chi connectivity index (χ2n) is 7.98. The number of nitro groups is 1. The monoisotopic (exact) mass is 470 g/mol. The Morgan fingerprint density at radius 3 is 2.33 bits per heavy atom. The Labute approximate surface area is 193 Å². The molecule has 4 amide bonds. The number of amides is 4. The van der Waals surface area contributed by atoms with Crippen LogP contribution in [0.25, 0.3) is 0 Å². The highest BCUT2D eigenvalue weighted by Gasteiger charge is 2.35. The van der Waals surface area contributed by atoms with E-state index in [4.69, 9.17) is 0 Å². The number of benzene rings is 1. The standard InChI is InChI=1S/C22H22N4O6S/c1-14-4-5-15-16(13-14)21(29)25(20(15)28)8-2-3-18(27)23-9-11-24(12-10-23)22(30)17-6-7-19(33-17)26(31)32/h4-7,13H,2-3,8-12H2,1H3. The van der Waals surface area contributed by atoms with Crippen LogP contribution in [0.2, 0.25) is 0 Å². The van der Waals surface area contributed by atoms with Gasteiger partial charge in [-0.3, -0.25) is 34.2 Å². The zero-order chi connectivity index (χ0) is 23.7. The molecule has 10 nitrogen and oxygen atoms in total. The van der Waals surface area contributed by atoms with Crippen LogP contribution in [-0.4, -0.2) is 76.0 Å². The lowest BCUT2D eigenvalue weighted by atomic mass is 10.1. The molecule has 1 aromatic heterocycles. The summed E-state index contributed by atoms with van der Waals surface area (Å²) in [7, 11) is 0. The summed E-state index contributed by atoms with van der Waals surface area (Å²) in [6.07, 6.45) is 0.554. The number of thiophene rings is 1. The van der Waals surface area contributed by atoms with Gasteiger partial charge in [0.15, 0.2) is 0 Å². The summed E-state index contributed by atoms with van der Waals surface area (Å²) in [5.41, 5.74) is 1.71. The van der Waals surface area contributed by atoms with Crippen molar-refractivity contribution < 1.29 is 24.1 Å². The minimum Gasteiger partial charge on any atom is -0.339 e. The third-order valence-electron chi connectivity index (χ3n) is 5.80. The molecule has 33 heavy (non-hydrogen) atoms. The molecular weight excluding hydrogens is 448 g/mol. The molecule has 0 spiro atoms. The van der Waals surface area contributed by atoms with E-state index in [0.29, 0.717) is 48.6 Å². The smallest absolute Gasteiger partial charge is 0.324 e. The van der Waals surface area contributed by atoms with Crippen LogP contribution < -0.4 is 0 Å². The predicted octanol–water partition coefficient (Wildman–Crippen LogP) is 2.33. The molecule has 0 aliphatic carbocycles. The van der Waals surface area contributed by atoms with E-state index in [0.717, 1.165) is 16.9 Å². The highest BCUT2D eigenvalue weighted by molar-refractivity contribution is 7.17. The van der Waals surface area contributed by atoms with Crippen LogP contribution in [0.3, 0.4) is 0 Å². The van der Waals surface area contributed by atoms with Crippen LogP contribution in [0, 0.1) is 17.0 Å². The number of hydrogen-bond acceptors (Lipinski definition) is 7. The number of hydrogen-bond donors (Lipinski definition) is 0. The molecule has 0 atom stereocenters. The fourth-order valence-corrected chi connectivity index (χ4v) is 4.80. The van der Waals surface area contributed by atoms with Gasteiger partial charge in [0.25, 0.3) is 17.7 Å². The van der Waals surface area contributed by atoms with Gasteiger partial charge in [-0.15, -0.1) is 0 Å². The van der Waals surface area contributed by atoms with E-state index in [2.05, 4.69) is 0 Å². The van der Waals surface area contributed by atoms with Crippen LogP contribution in [0.15, 0.2) is 30.3 Å². The summed E-state index contributed by atoms with van der Waals surface area (Å²) in [6, 6.07) is 7.92. The molecule has 0 bridgehead atoms. The van der Waals surface area contributed by atoms with Crippen molar-refractivity contribution in [3.63, 3.8) is 0 Å². The zero-order valence-corrected chi connectivity index (χ0v) is 18.8. The molecule has 2 aromatic rings. The van der Waals surface area contributed by atoms with Gasteiger partial charge in [-0.2, -0.15) is 0 Å². The Morgan fingerprint density at radius 1 is 1.00 bits per heavy atom. The SMILES string of the molecule is Cc1ccc2c(c1)C(=O)N(CCCC(=O)N1CCN(C(=O)c3ccc([N+](=O)[O-])s3)CC1)C2=O. The molecule has 1 fully saturated rings. The quantitative estimate of drug-likeness (QED) is 0.363. The van der Waals surface area contributed by atoms with Gasteiger partial charge in [-0.05, 0) is 31.5 Å². The number of carbonyl (C=O) groups excluding carboxylic acids is 4. The molecule has 0 radical (unpaired) electrons. The molecule has 0 unspecified atom stereocenters. The van der Waals surface area contributed by atoms with E-state index in [9.17, 15) is 29.3 Å². The zero-order valence-electron chi connectivity index (χ0n) is 18.0. The molecule has 1 aromatic carbocycles. The molecule has 1 saturated heterocycles. The van der Waals surface area contributed by atoms with Gasteiger partial charge in [0.2, 0.25) is 5.91 Å². The molecule has 2 aliphatic rings. The van der Waals surface area contributed by atoms with Crippen molar-refractivity contribution in [2.24, 2.45) is 0 Å².